The van der Waals surface area contributed by atoms with Gasteiger partial charge in [-0.1, -0.05) is 35.0 Å². The summed E-state index contributed by atoms with van der Waals surface area (Å²) in [6.45, 7) is 4.63. The van der Waals surface area contributed by atoms with E-state index in [0.29, 0.717) is 41.7 Å². The molecule has 4 rings (SSSR count). The number of aromatic nitrogens is 2. The van der Waals surface area contributed by atoms with E-state index in [-0.39, 0.29) is 11.8 Å². The molecule has 0 saturated carbocycles. The summed E-state index contributed by atoms with van der Waals surface area (Å²) in [4.78, 5) is 19.0. The molecule has 1 unspecified atom stereocenters. The van der Waals surface area contributed by atoms with Gasteiger partial charge in [-0.25, -0.2) is 9.18 Å². The van der Waals surface area contributed by atoms with Gasteiger partial charge in [0.1, 0.15) is 5.82 Å². The molecule has 0 spiro atoms. The predicted molar refractivity (Wildman–Crippen MR) is 113 cm³/mol. The van der Waals surface area contributed by atoms with Crippen molar-refractivity contribution in [2.75, 3.05) is 20.3 Å². The van der Waals surface area contributed by atoms with Crippen LogP contribution in [0, 0.1) is 12.7 Å². The van der Waals surface area contributed by atoms with Crippen LogP contribution in [0.2, 0.25) is 0 Å². The van der Waals surface area contributed by atoms with Crippen molar-refractivity contribution >= 4 is 11.6 Å². The van der Waals surface area contributed by atoms with Crippen LogP contribution >= 0.6 is 0 Å². The molecule has 7 nitrogen and oxygen atoms in total. The molecule has 3 aromatic rings. The second-order valence-corrected chi connectivity index (χ2v) is 7.37. The third kappa shape index (κ3) is 4.20. The van der Waals surface area contributed by atoms with Gasteiger partial charge < -0.3 is 14.6 Å². The number of halogens is 1. The maximum absolute atomic E-state index is 13.3. The zero-order valence-corrected chi connectivity index (χ0v) is 17.6. The van der Waals surface area contributed by atoms with Gasteiger partial charge in [0.05, 0.1) is 24.8 Å². The lowest BCUT2D eigenvalue weighted by Gasteiger charge is -2.35. The molecule has 8 heteroatoms. The van der Waals surface area contributed by atoms with Crippen molar-refractivity contribution in [3.05, 3.63) is 77.1 Å². The minimum absolute atomic E-state index is 0.220. The van der Waals surface area contributed by atoms with Crippen molar-refractivity contribution in [1.29, 1.82) is 0 Å². The highest BCUT2D eigenvalue weighted by Gasteiger charge is 2.35. The Kier molecular flexibility index (Phi) is 5.81. The van der Waals surface area contributed by atoms with E-state index in [1.165, 1.54) is 12.1 Å². The first-order valence-electron chi connectivity index (χ1n) is 9.92. The first-order valence-corrected chi connectivity index (χ1v) is 9.92. The minimum atomic E-state index is -0.451. The molecule has 1 aliphatic heterocycles. The average Bonchev–Trinajstić information content (AvgIpc) is 3.24. The minimum Gasteiger partial charge on any atom is -0.383 e. The van der Waals surface area contributed by atoms with Crippen molar-refractivity contribution in [1.82, 2.24) is 20.4 Å². The van der Waals surface area contributed by atoms with Crippen LogP contribution in [0.4, 0.5) is 9.18 Å². The lowest BCUT2D eigenvalue weighted by molar-refractivity contribution is 0.158. The maximum atomic E-state index is 13.3. The van der Waals surface area contributed by atoms with E-state index < -0.39 is 6.04 Å². The van der Waals surface area contributed by atoms with Crippen LogP contribution in [0.1, 0.15) is 30.0 Å². The number of methoxy groups -OCH3 is 1. The van der Waals surface area contributed by atoms with E-state index in [9.17, 15) is 9.18 Å². The number of allylic oxidation sites excluding steroid dienone is 1. The largest absolute Gasteiger partial charge is 0.383 e. The molecule has 0 bridgehead atoms. The fourth-order valence-corrected chi connectivity index (χ4v) is 3.57. The number of ether oxygens (including phenoxy) is 1. The van der Waals surface area contributed by atoms with Crippen molar-refractivity contribution < 1.29 is 18.4 Å². The number of nitrogens with one attached hydrogen (secondary N) is 1. The zero-order chi connectivity index (χ0) is 22.0. The van der Waals surface area contributed by atoms with Gasteiger partial charge in [-0.3, -0.25) is 4.90 Å². The van der Waals surface area contributed by atoms with Crippen LogP contribution in [0.5, 0.6) is 0 Å². The van der Waals surface area contributed by atoms with Crippen molar-refractivity contribution in [3.63, 3.8) is 0 Å². The number of aryl methyl sites for hydroxylation is 1. The molecule has 0 aliphatic carbocycles. The average molecular weight is 422 g/mol. The molecule has 2 amide bonds. The molecule has 0 saturated heterocycles. The standard InChI is InChI=1S/C23H23FN4O3/c1-14-4-6-16(7-5-14)20-19(15(2)28(12-13-30-3)23(29)25-20)22-26-21(27-31-22)17-8-10-18(24)11-9-17/h4-11,20H,12-13H2,1-3H3,(H,25,29). The number of amides is 2. The van der Waals surface area contributed by atoms with Crippen LogP contribution in [0.25, 0.3) is 17.0 Å². The van der Waals surface area contributed by atoms with Gasteiger partial charge in [0.2, 0.25) is 5.82 Å². The Hall–Kier alpha value is -3.52. The van der Waals surface area contributed by atoms with Crippen LogP contribution in [-0.2, 0) is 4.74 Å². The molecule has 2 heterocycles. The number of hydrogen-bond acceptors (Lipinski definition) is 5. The number of hydrogen-bond donors (Lipinski definition) is 1. The molecule has 2 aromatic carbocycles. The van der Waals surface area contributed by atoms with Gasteiger partial charge >= 0.3 is 6.03 Å². The van der Waals surface area contributed by atoms with Crippen molar-refractivity contribution in [3.8, 4) is 11.4 Å². The summed E-state index contributed by atoms with van der Waals surface area (Å²) in [7, 11) is 1.59. The number of benzene rings is 2. The molecule has 1 aliphatic rings. The predicted octanol–water partition coefficient (Wildman–Crippen LogP) is 4.33. The third-order valence-electron chi connectivity index (χ3n) is 5.28. The summed E-state index contributed by atoms with van der Waals surface area (Å²) in [6, 6.07) is 13.1. The second kappa shape index (κ2) is 8.69. The summed E-state index contributed by atoms with van der Waals surface area (Å²) in [5, 5.41) is 7.12. The van der Waals surface area contributed by atoms with Gasteiger partial charge in [-0.2, -0.15) is 4.98 Å². The fraction of sp³-hybridized carbons (Fsp3) is 0.261. The fourth-order valence-electron chi connectivity index (χ4n) is 3.57. The van der Waals surface area contributed by atoms with Gasteiger partial charge in [0.25, 0.3) is 5.89 Å². The molecule has 1 atom stereocenters. The molecule has 31 heavy (non-hydrogen) atoms. The first kappa shape index (κ1) is 20.7. The molecule has 0 radical (unpaired) electrons. The van der Waals surface area contributed by atoms with E-state index in [0.717, 1.165) is 11.1 Å². The van der Waals surface area contributed by atoms with Gasteiger partial charge in [-0.05, 0) is 43.7 Å². The molecular formula is C23H23FN4O3. The summed E-state index contributed by atoms with van der Waals surface area (Å²) in [5.41, 5.74) is 4.08. The molecular weight excluding hydrogens is 399 g/mol. The summed E-state index contributed by atoms with van der Waals surface area (Å²) >= 11 is 0. The smallest absolute Gasteiger partial charge is 0.322 e. The van der Waals surface area contributed by atoms with E-state index in [4.69, 9.17) is 9.26 Å². The Morgan fingerprint density at radius 3 is 2.52 bits per heavy atom. The normalized spacial score (nSPS) is 16.6. The maximum Gasteiger partial charge on any atom is 0.322 e. The SMILES string of the molecule is COCCN1C(=O)NC(c2ccc(C)cc2)C(c2nc(-c3ccc(F)cc3)no2)=C1C. The Bertz CT molecular complexity index is 1110. The highest BCUT2D eigenvalue weighted by Crippen LogP contribution is 2.37. The number of urea groups is 1. The number of rotatable bonds is 6. The highest BCUT2D eigenvalue weighted by atomic mass is 19.1. The highest BCUT2D eigenvalue weighted by molar-refractivity contribution is 5.86. The van der Waals surface area contributed by atoms with E-state index in [2.05, 4.69) is 15.5 Å². The lowest BCUT2D eigenvalue weighted by Crippen LogP contribution is -2.47. The Labute approximate surface area is 179 Å². The van der Waals surface area contributed by atoms with Gasteiger partial charge in [0.15, 0.2) is 0 Å². The summed E-state index contributed by atoms with van der Waals surface area (Å²) < 4.78 is 24.0. The van der Waals surface area contributed by atoms with Crippen molar-refractivity contribution in [2.24, 2.45) is 0 Å². The molecule has 1 N–H and O–H groups in total. The molecule has 0 fully saturated rings. The lowest BCUT2D eigenvalue weighted by atomic mass is 9.94. The third-order valence-corrected chi connectivity index (χ3v) is 5.28. The van der Waals surface area contributed by atoms with E-state index in [1.807, 2.05) is 38.1 Å². The van der Waals surface area contributed by atoms with Crippen LogP contribution in [-0.4, -0.2) is 41.3 Å². The van der Waals surface area contributed by atoms with E-state index >= 15 is 0 Å². The zero-order valence-electron chi connectivity index (χ0n) is 17.6. The van der Waals surface area contributed by atoms with Crippen molar-refractivity contribution in [2.45, 2.75) is 19.9 Å². The van der Waals surface area contributed by atoms with Crippen LogP contribution in [0.15, 0.2) is 58.8 Å². The monoisotopic (exact) mass is 422 g/mol. The Balaban J connectivity index is 1.78. The first-order chi connectivity index (χ1) is 15.0. The van der Waals surface area contributed by atoms with E-state index in [1.54, 1.807) is 24.1 Å². The van der Waals surface area contributed by atoms with Crippen LogP contribution < -0.4 is 5.32 Å². The number of nitrogens with zero attached hydrogens (tertiary/aromatic N) is 3. The Morgan fingerprint density at radius 1 is 1.13 bits per heavy atom. The quantitative estimate of drug-likeness (QED) is 0.640. The summed E-state index contributed by atoms with van der Waals surface area (Å²) in [6.07, 6.45) is 0. The molecule has 1 aromatic heterocycles. The molecule has 160 valence electrons. The van der Waals surface area contributed by atoms with Gasteiger partial charge in [-0.15, -0.1) is 0 Å². The second-order valence-electron chi connectivity index (χ2n) is 7.37. The van der Waals surface area contributed by atoms with Gasteiger partial charge in [0, 0.05) is 18.4 Å². The summed E-state index contributed by atoms with van der Waals surface area (Å²) in [5.74, 6) is 0.303. The Morgan fingerprint density at radius 2 is 1.84 bits per heavy atom. The van der Waals surface area contributed by atoms with Crippen LogP contribution in [0.3, 0.4) is 0 Å². The number of carbonyl (C=O) groups is 1. The topological polar surface area (TPSA) is 80.5 Å². The number of carbonyl (C=O) groups excluding carboxylic acids is 1.